The van der Waals surface area contributed by atoms with Gasteiger partial charge in [0, 0.05) is 38.4 Å². The molecule has 1 aliphatic heterocycles. The number of hydrogen-bond acceptors (Lipinski definition) is 5. The summed E-state index contributed by atoms with van der Waals surface area (Å²) in [6, 6.07) is 12.4. The zero-order valence-corrected chi connectivity index (χ0v) is 17.4. The summed E-state index contributed by atoms with van der Waals surface area (Å²) in [6.45, 7) is 11.0. The zero-order valence-electron chi connectivity index (χ0n) is 17.4. The second-order valence-corrected chi connectivity index (χ2v) is 7.66. The summed E-state index contributed by atoms with van der Waals surface area (Å²) in [5.41, 5.74) is 4.77. The summed E-state index contributed by atoms with van der Waals surface area (Å²) in [7, 11) is 1.68. The van der Waals surface area contributed by atoms with E-state index in [9.17, 15) is 5.11 Å². The van der Waals surface area contributed by atoms with E-state index < -0.39 is 6.10 Å². The van der Waals surface area contributed by atoms with Gasteiger partial charge in [-0.2, -0.15) is 0 Å². The average Bonchev–Trinajstić information content (AvgIpc) is 2.70. The minimum absolute atomic E-state index is 0.322. The van der Waals surface area contributed by atoms with Crippen molar-refractivity contribution in [3.05, 3.63) is 53.1 Å². The molecule has 1 aliphatic rings. The van der Waals surface area contributed by atoms with Gasteiger partial charge in [0.2, 0.25) is 0 Å². The molecule has 0 aromatic heterocycles. The topological polar surface area (TPSA) is 45.2 Å². The molecule has 1 N–H and O–H groups in total. The fourth-order valence-corrected chi connectivity index (χ4v) is 3.67. The number of ether oxygens (including phenoxy) is 2. The molecule has 0 aliphatic carbocycles. The van der Waals surface area contributed by atoms with E-state index in [2.05, 4.69) is 48.8 Å². The molecule has 5 heteroatoms. The van der Waals surface area contributed by atoms with Crippen molar-refractivity contribution in [1.82, 2.24) is 4.90 Å². The first-order chi connectivity index (χ1) is 13.5. The quantitative estimate of drug-likeness (QED) is 0.794. The minimum atomic E-state index is -0.493. The number of aliphatic hydroxyl groups is 1. The Morgan fingerprint density at radius 2 is 1.68 bits per heavy atom. The van der Waals surface area contributed by atoms with E-state index in [1.807, 2.05) is 18.2 Å². The number of rotatable bonds is 7. The maximum Gasteiger partial charge on any atom is 0.122 e. The van der Waals surface area contributed by atoms with Gasteiger partial charge in [-0.1, -0.05) is 6.07 Å². The van der Waals surface area contributed by atoms with E-state index in [1.165, 1.54) is 16.8 Å². The number of hydrogen-bond donors (Lipinski definition) is 1. The molecule has 1 unspecified atom stereocenters. The second kappa shape index (κ2) is 9.30. The van der Waals surface area contributed by atoms with Crippen molar-refractivity contribution in [2.24, 2.45) is 0 Å². The summed E-state index contributed by atoms with van der Waals surface area (Å²) >= 11 is 0. The predicted molar refractivity (Wildman–Crippen MR) is 114 cm³/mol. The van der Waals surface area contributed by atoms with Gasteiger partial charge >= 0.3 is 0 Å². The molecule has 0 spiro atoms. The molecule has 1 atom stereocenters. The van der Waals surface area contributed by atoms with Crippen molar-refractivity contribution >= 4 is 5.69 Å². The molecule has 0 amide bonds. The Hall–Kier alpha value is -2.24. The second-order valence-electron chi connectivity index (χ2n) is 7.66. The SMILES string of the molecule is COc1ccc(N2CCN(CC(O)COc3cc(C)cc(C)c3C)CC2)cc1. The van der Waals surface area contributed by atoms with E-state index in [-0.39, 0.29) is 0 Å². The van der Waals surface area contributed by atoms with Gasteiger partial charge in [-0.15, -0.1) is 0 Å². The predicted octanol–water partition coefficient (Wildman–Crippen LogP) is 3.18. The molecule has 0 radical (unpaired) electrons. The van der Waals surface area contributed by atoms with Crippen molar-refractivity contribution in [2.45, 2.75) is 26.9 Å². The van der Waals surface area contributed by atoms with Crippen LogP contribution in [-0.2, 0) is 0 Å². The van der Waals surface area contributed by atoms with Crippen LogP contribution < -0.4 is 14.4 Å². The standard InChI is InChI=1S/C23H32N2O3/c1-17-13-18(2)19(3)23(14-17)28-16-21(26)15-24-9-11-25(12-10-24)20-5-7-22(27-4)8-6-20/h5-8,13-14,21,26H,9-12,15-16H2,1-4H3. The number of methoxy groups -OCH3 is 1. The molecule has 1 heterocycles. The van der Waals surface area contributed by atoms with Crippen LogP contribution in [0, 0.1) is 20.8 Å². The summed E-state index contributed by atoms with van der Waals surface area (Å²) < 4.78 is 11.1. The van der Waals surface area contributed by atoms with E-state index in [0.29, 0.717) is 13.2 Å². The lowest BCUT2D eigenvalue weighted by Crippen LogP contribution is -2.49. The number of aliphatic hydroxyl groups excluding tert-OH is 1. The van der Waals surface area contributed by atoms with Crippen LogP contribution in [0.4, 0.5) is 5.69 Å². The Balaban J connectivity index is 1.45. The van der Waals surface area contributed by atoms with Crippen LogP contribution in [0.3, 0.4) is 0 Å². The Bertz CT molecular complexity index is 768. The molecular weight excluding hydrogens is 352 g/mol. The van der Waals surface area contributed by atoms with Gasteiger partial charge in [-0.25, -0.2) is 0 Å². The van der Waals surface area contributed by atoms with Crippen LogP contribution in [0.25, 0.3) is 0 Å². The van der Waals surface area contributed by atoms with Crippen molar-refractivity contribution < 1.29 is 14.6 Å². The molecule has 1 fully saturated rings. The number of anilines is 1. The largest absolute Gasteiger partial charge is 0.497 e. The Kier molecular flexibility index (Phi) is 6.81. The number of piperazine rings is 1. The van der Waals surface area contributed by atoms with Gasteiger partial charge in [0.05, 0.1) is 7.11 Å². The summed E-state index contributed by atoms with van der Waals surface area (Å²) in [6.07, 6.45) is -0.493. The number of aryl methyl sites for hydroxylation is 2. The van der Waals surface area contributed by atoms with Gasteiger partial charge in [-0.3, -0.25) is 4.90 Å². The third kappa shape index (κ3) is 5.18. The molecule has 3 rings (SSSR count). The Morgan fingerprint density at radius 3 is 2.32 bits per heavy atom. The van der Waals surface area contributed by atoms with Crippen molar-refractivity contribution in [3.63, 3.8) is 0 Å². The number of nitrogens with zero attached hydrogens (tertiary/aromatic N) is 2. The first-order valence-electron chi connectivity index (χ1n) is 9.96. The maximum absolute atomic E-state index is 10.4. The molecule has 0 saturated carbocycles. The van der Waals surface area contributed by atoms with Crippen molar-refractivity contribution in [1.29, 1.82) is 0 Å². The average molecular weight is 385 g/mol. The van der Waals surface area contributed by atoms with E-state index in [4.69, 9.17) is 9.47 Å². The first kappa shape index (κ1) is 20.5. The highest BCUT2D eigenvalue weighted by molar-refractivity contribution is 5.49. The maximum atomic E-state index is 10.4. The summed E-state index contributed by atoms with van der Waals surface area (Å²) in [5.74, 6) is 1.76. The molecule has 152 valence electrons. The van der Waals surface area contributed by atoms with Gasteiger partial charge in [0.1, 0.15) is 24.2 Å². The first-order valence-corrected chi connectivity index (χ1v) is 9.96. The van der Waals surface area contributed by atoms with E-state index in [0.717, 1.165) is 43.2 Å². The Morgan fingerprint density at radius 1 is 1.00 bits per heavy atom. The smallest absolute Gasteiger partial charge is 0.122 e. The van der Waals surface area contributed by atoms with Crippen LogP contribution in [-0.4, -0.2) is 62.6 Å². The highest BCUT2D eigenvalue weighted by Gasteiger charge is 2.20. The molecule has 1 saturated heterocycles. The molecular formula is C23H32N2O3. The lowest BCUT2D eigenvalue weighted by molar-refractivity contribution is 0.0660. The fourth-order valence-electron chi connectivity index (χ4n) is 3.67. The molecule has 2 aromatic rings. The van der Waals surface area contributed by atoms with E-state index >= 15 is 0 Å². The summed E-state index contributed by atoms with van der Waals surface area (Å²) in [5, 5.41) is 10.4. The van der Waals surface area contributed by atoms with Crippen LogP contribution in [0.1, 0.15) is 16.7 Å². The molecule has 2 aromatic carbocycles. The number of benzene rings is 2. The van der Waals surface area contributed by atoms with Crippen LogP contribution in [0.2, 0.25) is 0 Å². The minimum Gasteiger partial charge on any atom is -0.497 e. The van der Waals surface area contributed by atoms with Gasteiger partial charge in [0.25, 0.3) is 0 Å². The lowest BCUT2D eigenvalue weighted by atomic mass is 10.1. The molecule has 0 bridgehead atoms. The molecule has 28 heavy (non-hydrogen) atoms. The highest BCUT2D eigenvalue weighted by atomic mass is 16.5. The van der Waals surface area contributed by atoms with Gasteiger partial charge < -0.3 is 19.5 Å². The lowest BCUT2D eigenvalue weighted by Gasteiger charge is -2.36. The third-order valence-electron chi connectivity index (χ3n) is 5.47. The van der Waals surface area contributed by atoms with Gasteiger partial charge in [-0.05, 0) is 67.8 Å². The third-order valence-corrected chi connectivity index (χ3v) is 5.47. The van der Waals surface area contributed by atoms with Crippen molar-refractivity contribution in [2.75, 3.05) is 51.3 Å². The van der Waals surface area contributed by atoms with Crippen LogP contribution in [0.5, 0.6) is 11.5 Å². The highest BCUT2D eigenvalue weighted by Crippen LogP contribution is 2.24. The summed E-state index contributed by atoms with van der Waals surface area (Å²) in [4.78, 5) is 4.68. The number of β-amino-alcohol motifs (C(OH)–C–C–N with tert-alkyl or cyclic N) is 1. The fraction of sp³-hybridized carbons (Fsp3) is 0.478. The van der Waals surface area contributed by atoms with Crippen LogP contribution >= 0.6 is 0 Å². The van der Waals surface area contributed by atoms with Crippen LogP contribution in [0.15, 0.2) is 36.4 Å². The monoisotopic (exact) mass is 384 g/mol. The Labute approximate surface area is 168 Å². The normalized spacial score (nSPS) is 16.1. The van der Waals surface area contributed by atoms with E-state index in [1.54, 1.807) is 7.11 Å². The van der Waals surface area contributed by atoms with Crippen molar-refractivity contribution in [3.8, 4) is 11.5 Å². The zero-order chi connectivity index (χ0) is 20.1. The molecule has 5 nitrogen and oxygen atoms in total. The van der Waals surface area contributed by atoms with Gasteiger partial charge in [0.15, 0.2) is 0 Å².